The molecule has 0 aliphatic heterocycles. The van der Waals surface area contributed by atoms with E-state index < -0.39 is 4.92 Å². The highest BCUT2D eigenvalue weighted by Gasteiger charge is 2.21. The number of rotatable bonds is 6. The minimum atomic E-state index is -0.495. The van der Waals surface area contributed by atoms with E-state index in [1.165, 1.54) is 6.07 Å². The smallest absolute Gasteiger partial charge is 0.283 e. The van der Waals surface area contributed by atoms with Gasteiger partial charge in [-0.2, -0.15) is 0 Å². The van der Waals surface area contributed by atoms with E-state index in [1.807, 2.05) is 30.3 Å². The lowest BCUT2D eigenvalue weighted by atomic mass is 10.0. The van der Waals surface area contributed by atoms with Gasteiger partial charge in [-0.1, -0.05) is 30.3 Å². The van der Waals surface area contributed by atoms with Gasteiger partial charge in [0.25, 0.3) is 11.6 Å². The second-order valence-electron chi connectivity index (χ2n) is 4.76. The van der Waals surface area contributed by atoms with Crippen molar-refractivity contribution in [3.8, 4) is 0 Å². The molecule has 1 aromatic heterocycles. The van der Waals surface area contributed by atoms with Gasteiger partial charge in [-0.05, 0) is 18.9 Å². The lowest BCUT2D eigenvalue weighted by Crippen LogP contribution is -2.28. The van der Waals surface area contributed by atoms with E-state index in [1.54, 1.807) is 6.92 Å². The summed E-state index contributed by atoms with van der Waals surface area (Å²) in [7, 11) is 0. The van der Waals surface area contributed by atoms with Crippen LogP contribution in [0.25, 0.3) is 0 Å². The molecule has 0 saturated carbocycles. The summed E-state index contributed by atoms with van der Waals surface area (Å²) in [6.07, 6.45) is 0.377. The van der Waals surface area contributed by atoms with Crippen molar-refractivity contribution in [1.29, 1.82) is 0 Å². The van der Waals surface area contributed by atoms with Crippen LogP contribution in [0.1, 0.15) is 32.6 Å². The highest BCUT2D eigenvalue weighted by molar-refractivity contribution is 7.14. The lowest BCUT2D eigenvalue weighted by Gasteiger charge is -2.17. The largest absolute Gasteiger partial charge is 0.396 e. The van der Waals surface area contributed by atoms with Gasteiger partial charge >= 0.3 is 0 Å². The van der Waals surface area contributed by atoms with Crippen molar-refractivity contribution >= 4 is 22.9 Å². The minimum absolute atomic E-state index is 0.0476. The Hall–Kier alpha value is -2.25. The van der Waals surface area contributed by atoms with Crippen molar-refractivity contribution in [3.05, 3.63) is 61.8 Å². The molecule has 0 saturated heterocycles. The number of benzene rings is 1. The van der Waals surface area contributed by atoms with Gasteiger partial charge in [0.1, 0.15) is 0 Å². The summed E-state index contributed by atoms with van der Waals surface area (Å²) in [6, 6.07) is 10.3. The summed E-state index contributed by atoms with van der Waals surface area (Å²) in [5.41, 5.74) is 0.834. The Labute approximate surface area is 131 Å². The standard InChI is InChI=1S/C15H16N2O4S/c1-10-13(17(20)21)9-14(22-10)15(19)16-12(7-8-18)11-5-3-2-4-6-11/h2-6,9,12,18H,7-8H2,1H3,(H,16,19). The van der Waals surface area contributed by atoms with Gasteiger partial charge in [-0.3, -0.25) is 14.9 Å². The maximum atomic E-state index is 12.3. The van der Waals surface area contributed by atoms with Gasteiger partial charge in [0, 0.05) is 12.7 Å². The number of thiophene rings is 1. The first-order chi connectivity index (χ1) is 10.5. The molecule has 2 aromatic rings. The molecule has 0 aliphatic rings. The fourth-order valence-corrected chi connectivity index (χ4v) is 3.02. The zero-order valence-electron chi connectivity index (χ0n) is 12.0. The van der Waals surface area contributed by atoms with E-state index >= 15 is 0 Å². The molecule has 0 fully saturated rings. The van der Waals surface area contributed by atoms with Crippen molar-refractivity contribution in [2.24, 2.45) is 0 Å². The molecule has 1 amide bonds. The summed E-state index contributed by atoms with van der Waals surface area (Å²) in [5.74, 6) is -0.372. The van der Waals surface area contributed by atoms with Crippen LogP contribution in [-0.4, -0.2) is 22.5 Å². The van der Waals surface area contributed by atoms with Crippen LogP contribution in [0, 0.1) is 17.0 Å². The first-order valence-electron chi connectivity index (χ1n) is 6.74. The number of hydrogen-bond acceptors (Lipinski definition) is 5. The van der Waals surface area contributed by atoms with Crippen LogP contribution >= 0.6 is 11.3 Å². The fourth-order valence-electron chi connectivity index (χ4n) is 2.13. The molecule has 0 radical (unpaired) electrons. The van der Waals surface area contributed by atoms with Gasteiger partial charge in [-0.15, -0.1) is 11.3 Å². The molecule has 7 heteroatoms. The number of amides is 1. The van der Waals surface area contributed by atoms with Crippen LogP contribution in [-0.2, 0) is 0 Å². The van der Waals surface area contributed by atoms with Gasteiger partial charge < -0.3 is 10.4 Å². The maximum absolute atomic E-state index is 12.3. The number of aryl methyl sites for hydroxylation is 1. The number of hydrogen-bond donors (Lipinski definition) is 2. The first-order valence-corrected chi connectivity index (χ1v) is 7.56. The summed E-state index contributed by atoms with van der Waals surface area (Å²) in [6.45, 7) is 1.55. The molecule has 1 aromatic carbocycles. The molecule has 0 aliphatic carbocycles. The van der Waals surface area contributed by atoms with Gasteiger partial charge in [0.05, 0.1) is 20.7 Å². The summed E-state index contributed by atoms with van der Waals surface area (Å²) in [5, 5.41) is 22.8. The van der Waals surface area contributed by atoms with E-state index in [0.717, 1.165) is 16.9 Å². The zero-order chi connectivity index (χ0) is 16.1. The van der Waals surface area contributed by atoms with E-state index in [0.29, 0.717) is 16.2 Å². The molecule has 6 nitrogen and oxygen atoms in total. The Balaban J connectivity index is 2.18. The Morgan fingerprint density at radius 3 is 2.64 bits per heavy atom. The van der Waals surface area contributed by atoms with Crippen LogP contribution < -0.4 is 5.32 Å². The van der Waals surface area contributed by atoms with Crippen LogP contribution in [0.2, 0.25) is 0 Å². The van der Waals surface area contributed by atoms with Crippen LogP contribution in [0.3, 0.4) is 0 Å². The molecule has 1 heterocycles. The van der Waals surface area contributed by atoms with Crippen molar-refractivity contribution in [1.82, 2.24) is 5.32 Å². The number of carbonyl (C=O) groups is 1. The average molecular weight is 320 g/mol. The Morgan fingerprint density at radius 2 is 2.09 bits per heavy atom. The van der Waals surface area contributed by atoms with Crippen molar-refractivity contribution in [2.75, 3.05) is 6.61 Å². The number of aliphatic hydroxyl groups excluding tert-OH is 1. The highest BCUT2D eigenvalue weighted by Crippen LogP contribution is 2.28. The molecule has 22 heavy (non-hydrogen) atoms. The van der Waals surface area contributed by atoms with E-state index in [-0.39, 0.29) is 24.2 Å². The molecule has 2 N–H and O–H groups in total. The van der Waals surface area contributed by atoms with Gasteiger partial charge in [0.2, 0.25) is 0 Å². The van der Waals surface area contributed by atoms with Crippen molar-refractivity contribution in [3.63, 3.8) is 0 Å². The number of carbonyl (C=O) groups excluding carboxylic acids is 1. The average Bonchev–Trinajstić information content (AvgIpc) is 2.90. The highest BCUT2D eigenvalue weighted by atomic mass is 32.1. The number of nitro groups is 1. The summed E-state index contributed by atoms with van der Waals surface area (Å²) >= 11 is 1.09. The number of nitrogens with zero attached hydrogens (tertiary/aromatic N) is 1. The molecular formula is C15H16N2O4S. The molecule has 0 bridgehead atoms. The molecular weight excluding hydrogens is 304 g/mol. The van der Waals surface area contributed by atoms with E-state index in [2.05, 4.69) is 5.32 Å². The summed E-state index contributed by atoms with van der Waals surface area (Å²) in [4.78, 5) is 23.4. The van der Waals surface area contributed by atoms with E-state index in [9.17, 15) is 14.9 Å². The fraction of sp³-hybridized carbons (Fsp3) is 0.267. The van der Waals surface area contributed by atoms with Crippen LogP contribution in [0.15, 0.2) is 36.4 Å². The molecule has 0 spiro atoms. The third kappa shape index (κ3) is 3.69. The molecule has 1 unspecified atom stereocenters. The summed E-state index contributed by atoms with van der Waals surface area (Å²) < 4.78 is 0. The lowest BCUT2D eigenvalue weighted by molar-refractivity contribution is -0.385. The topological polar surface area (TPSA) is 92.5 Å². The Morgan fingerprint density at radius 1 is 1.41 bits per heavy atom. The predicted octanol–water partition coefficient (Wildman–Crippen LogP) is 2.82. The normalized spacial score (nSPS) is 11.9. The Bertz CT molecular complexity index is 669. The SMILES string of the molecule is Cc1sc(C(=O)NC(CCO)c2ccccc2)cc1[N+](=O)[O-]. The van der Waals surface area contributed by atoms with Crippen LogP contribution in [0.4, 0.5) is 5.69 Å². The second kappa shape index (κ2) is 7.15. The predicted molar refractivity (Wildman–Crippen MR) is 84.1 cm³/mol. The molecule has 116 valence electrons. The van der Waals surface area contributed by atoms with Crippen LogP contribution in [0.5, 0.6) is 0 Å². The zero-order valence-corrected chi connectivity index (χ0v) is 12.8. The second-order valence-corrected chi connectivity index (χ2v) is 6.01. The van der Waals surface area contributed by atoms with Crippen molar-refractivity contribution < 1.29 is 14.8 Å². The minimum Gasteiger partial charge on any atom is -0.396 e. The number of nitrogens with one attached hydrogen (secondary N) is 1. The number of aliphatic hydroxyl groups is 1. The molecule has 1 atom stereocenters. The van der Waals surface area contributed by atoms with Gasteiger partial charge in [-0.25, -0.2) is 0 Å². The van der Waals surface area contributed by atoms with Gasteiger partial charge in [0.15, 0.2) is 0 Å². The third-order valence-electron chi connectivity index (χ3n) is 3.24. The monoisotopic (exact) mass is 320 g/mol. The van der Waals surface area contributed by atoms with Crippen molar-refractivity contribution in [2.45, 2.75) is 19.4 Å². The first kappa shape index (κ1) is 16.1. The Kier molecular flexibility index (Phi) is 5.24. The quantitative estimate of drug-likeness (QED) is 0.632. The maximum Gasteiger partial charge on any atom is 0.283 e. The van der Waals surface area contributed by atoms with E-state index in [4.69, 9.17) is 5.11 Å². The molecule has 2 rings (SSSR count). The third-order valence-corrected chi connectivity index (χ3v) is 4.28.